The Morgan fingerprint density at radius 1 is 1.23 bits per heavy atom. The number of hydrogen-bond donors (Lipinski definition) is 1. The Balaban J connectivity index is 0.00000121. The van der Waals surface area contributed by atoms with E-state index in [1.165, 1.54) is 24.0 Å². The first-order valence-corrected chi connectivity index (χ1v) is 7.54. The summed E-state index contributed by atoms with van der Waals surface area (Å²) in [5.74, 6) is 0.992. The third kappa shape index (κ3) is 5.60. The van der Waals surface area contributed by atoms with E-state index in [1.807, 2.05) is 0 Å². The van der Waals surface area contributed by atoms with Crippen LogP contribution in [0.3, 0.4) is 0 Å². The Bertz CT molecular complexity index is 450. The van der Waals surface area contributed by atoms with Gasteiger partial charge in [-0.05, 0) is 30.5 Å². The highest BCUT2D eigenvalue weighted by Gasteiger charge is 2.20. The quantitative estimate of drug-likeness (QED) is 0.856. The molecular weight excluding hydrogens is 323 g/mol. The second-order valence-corrected chi connectivity index (χ2v) is 5.69. The van der Waals surface area contributed by atoms with Gasteiger partial charge in [-0.25, -0.2) is 0 Å². The van der Waals surface area contributed by atoms with Crippen LogP contribution in [0.5, 0.6) is 5.75 Å². The molecule has 22 heavy (non-hydrogen) atoms. The first-order chi connectivity index (χ1) is 9.85. The zero-order valence-corrected chi connectivity index (χ0v) is 14.7. The van der Waals surface area contributed by atoms with Gasteiger partial charge < -0.3 is 14.8 Å². The second-order valence-electron chi connectivity index (χ2n) is 5.69. The molecule has 2 aliphatic rings. The van der Waals surface area contributed by atoms with Gasteiger partial charge in [-0.1, -0.05) is 6.07 Å². The summed E-state index contributed by atoms with van der Waals surface area (Å²) < 4.78 is 10.9. The highest BCUT2D eigenvalue weighted by molar-refractivity contribution is 5.85. The summed E-state index contributed by atoms with van der Waals surface area (Å²) in [6.07, 6.45) is 2.66. The van der Waals surface area contributed by atoms with E-state index in [2.05, 4.69) is 28.4 Å². The van der Waals surface area contributed by atoms with Crippen LogP contribution in [0.2, 0.25) is 0 Å². The van der Waals surface area contributed by atoms with Crippen LogP contribution in [-0.2, 0) is 17.8 Å². The Morgan fingerprint density at radius 3 is 2.59 bits per heavy atom. The minimum Gasteiger partial charge on any atom is -0.496 e. The Hall–Kier alpha value is -0.520. The number of hydrogen-bond acceptors (Lipinski definition) is 4. The van der Waals surface area contributed by atoms with E-state index in [4.69, 9.17) is 9.47 Å². The smallest absolute Gasteiger partial charge is 0.123 e. The average Bonchev–Trinajstić information content (AvgIpc) is 3.31. The molecule has 4 nitrogen and oxygen atoms in total. The number of nitrogens with one attached hydrogen (secondary N) is 1. The third-order valence-electron chi connectivity index (χ3n) is 4.01. The van der Waals surface area contributed by atoms with Crippen molar-refractivity contribution in [1.29, 1.82) is 0 Å². The summed E-state index contributed by atoms with van der Waals surface area (Å²) in [6.45, 7) is 5.60. The molecule has 0 amide bonds. The van der Waals surface area contributed by atoms with Crippen LogP contribution < -0.4 is 10.1 Å². The third-order valence-corrected chi connectivity index (χ3v) is 4.01. The summed E-state index contributed by atoms with van der Waals surface area (Å²) in [4.78, 5) is 2.43. The predicted octanol–water partition coefficient (Wildman–Crippen LogP) is 2.62. The first-order valence-electron chi connectivity index (χ1n) is 7.54. The van der Waals surface area contributed by atoms with E-state index in [1.54, 1.807) is 7.11 Å². The SMILES string of the molecule is COc1ccc(CNC2CC2)cc1CN1CCOCC1.Cl.Cl. The molecule has 1 aromatic carbocycles. The van der Waals surface area contributed by atoms with E-state index in [-0.39, 0.29) is 24.8 Å². The van der Waals surface area contributed by atoms with Crippen LogP contribution in [0.25, 0.3) is 0 Å². The number of benzene rings is 1. The highest BCUT2D eigenvalue weighted by atomic mass is 35.5. The number of nitrogens with zero attached hydrogens (tertiary/aromatic N) is 1. The molecule has 1 saturated heterocycles. The molecule has 0 atom stereocenters. The fourth-order valence-electron chi connectivity index (χ4n) is 2.62. The van der Waals surface area contributed by atoms with E-state index in [9.17, 15) is 0 Å². The molecule has 6 heteroatoms. The molecule has 1 aromatic rings. The van der Waals surface area contributed by atoms with Crippen LogP contribution in [0.15, 0.2) is 18.2 Å². The Labute approximate surface area is 145 Å². The van der Waals surface area contributed by atoms with E-state index in [0.29, 0.717) is 0 Å². The summed E-state index contributed by atoms with van der Waals surface area (Å²) in [7, 11) is 1.75. The molecule has 0 aromatic heterocycles. The van der Waals surface area contributed by atoms with Crippen molar-refractivity contribution in [2.45, 2.75) is 32.0 Å². The summed E-state index contributed by atoms with van der Waals surface area (Å²) in [5, 5.41) is 3.57. The van der Waals surface area contributed by atoms with Crippen molar-refractivity contribution in [2.75, 3.05) is 33.4 Å². The lowest BCUT2D eigenvalue weighted by Gasteiger charge is -2.27. The fourth-order valence-corrected chi connectivity index (χ4v) is 2.62. The Morgan fingerprint density at radius 2 is 1.95 bits per heavy atom. The zero-order chi connectivity index (χ0) is 13.8. The summed E-state index contributed by atoms with van der Waals surface area (Å²) in [6, 6.07) is 7.29. The minimum atomic E-state index is 0. The van der Waals surface area contributed by atoms with E-state index >= 15 is 0 Å². The van der Waals surface area contributed by atoms with Gasteiger partial charge in [-0.15, -0.1) is 24.8 Å². The number of halogens is 2. The minimum absolute atomic E-state index is 0. The van der Waals surface area contributed by atoms with Gasteiger partial charge in [0, 0.05) is 37.8 Å². The van der Waals surface area contributed by atoms with Gasteiger partial charge in [0.05, 0.1) is 20.3 Å². The lowest BCUT2D eigenvalue weighted by molar-refractivity contribution is 0.0339. The fraction of sp³-hybridized carbons (Fsp3) is 0.625. The number of methoxy groups -OCH3 is 1. The van der Waals surface area contributed by atoms with Crippen LogP contribution >= 0.6 is 24.8 Å². The number of morpholine rings is 1. The van der Waals surface area contributed by atoms with E-state index in [0.717, 1.165) is 51.2 Å². The molecule has 0 bridgehead atoms. The predicted molar refractivity (Wildman–Crippen MR) is 93.4 cm³/mol. The van der Waals surface area contributed by atoms with Crippen molar-refractivity contribution in [1.82, 2.24) is 10.2 Å². The number of rotatable bonds is 6. The van der Waals surface area contributed by atoms with Crippen molar-refractivity contribution < 1.29 is 9.47 Å². The van der Waals surface area contributed by atoms with Crippen LogP contribution in [-0.4, -0.2) is 44.4 Å². The molecule has 0 radical (unpaired) electrons. The molecule has 0 spiro atoms. The van der Waals surface area contributed by atoms with E-state index < -0.39 is 0 Å². The lowest BCUT2D eigenvalue weighted by atomic mass is 10.1. The highest BCUT2D eigenvalue weighted by Crippen LogP contribution is 2.23. The van der Waals surface area contributed by atoms with Crippen molar-refractivity contribution in [2.24, 2.45) is 0 Å². The molecule has 2 fully saturated rings. The summed E-state index contributed by atoms with van der Waals surface area (Å²) >= 11 is 0. The molecule has 1 aliphatic heterocycles. The van der Waals surface area contributed by atoms with Gasteiger partial charge in [-0.2, -0.15) is 0 Å². The molecule has 3 rings (SSSR count). The largest absolute Gasteiger partial charge is 0.496 e. The lowest BCUT2D eigenvalue weighted by Crippen LogP contribution is -2.35. The maximum absolute atomic E-state index is 5.50. The zero-order valence-electron chi connectivity index (χ0n) is 13.0. The molecule has 1 N–H and O–H groups in total. The van der Waals surface area contributed by atoms with Gasteiger partial charge in [0.25, 0.3) is 0 Å². The molecule has 1 heterocycles. The van der Waals surface area contributed by atoms with Crippen molar-refractivity contribution in [3.63, 3.8) is 0 Å². The standard InChI is InChI=1S/C16H24N2O2.2ClH/c1-19-16-5-2-13(11-17-15-3-4-15)10-14(16)12-18-6-8-20-9-7-18;;/h2,5,10,15,17H,3-4,6-9,11-12H2,1H3;2*1H. The maximum atomic E-state index is 5.50. The summed E-state index contributed by atoms with van der Waals surface area (Å²) in [5.41, 5.74) is 2.63. The van der Waals surface area contributed by atoms with Crippen LogP contribution in [0, 0.1) is 0 Å². The normalized spacial score (nSPS) is 18.2. The van der Waals surface area contributed by atoms with Crippen molar-refractivity contribution in [3.05, 3.63) is 29.3 Å². The maximum Gasteiger partial charge on any atom is 0.123 e. The molecule has 126 valence electrons. The van der Waals surface area contributed by atoms with Gasteiger partial charge in [-0.3, -0.25) is 4.90 Å². The average molecular weight is 349 g/mol. The van der Waals surface area contributed by atoms with Crippen molar-refractivity contribution in [3.8, 4) is 5.75 Å². The van der Waals surface area contributed by atoms with Crippen molar-refractivity contribution >= 4 is 24.8 Å². The van der Waals surface area contributed by atoms with Gasteiger partial charge in [0.1, 0.15) is 5.75 Å². The number of ether oxygens (including phenoxy) is 2. The topological polar surface area (TPSA) is 33.7 Å². The molecule has 0 unspecified atom stereocenters. The first kappa shape index (κ1) is 19.5. The monoisotopic (exact) mass is 348 g/mol. The van der Waals surface area contributed by atoms with Crippen LogP contribution in [0.1, 0.15) is 24.0 Å². The second kappa shape index (κ2) is 9.58. The molecular formula is C16H26Cl2N2O2. The van der Waals surface area contributed by atoms with Gasteiger partial charge in [0.15, 0.2) is 0 Å². The Kier molecular flexibility index (Phi) is 8.50. The van der Waals surface area contributed by atoms with Crippen LogP contribution in [0.4, 0.5) is 0 Å². The van der Waals surface area contributed by atoms with Gasteiger partial charge in [0.2, 0.25) is 0 Å². The molecule has 1 saturated carbocycles. The molecule has 1 aliphatic carbocycles. The van der Waals surface area contributed by atoms with Gasteiger partial charge >= 0.3 is 0 Å².